The summed E-state index contributed by atoms with van der Waals surface area (Å²) in [5, 5.41) is 18.0. The number of rotatable bonds is 2. The van der Waals surface area contributed by atoms with E-state index in [1.54, 1.807) is 0 Å². The van der Waals surface area contributed by atoms with Crippen molar-refractivity contribution in [1.82, 2.24) is 0 Å². The van der Waals surface area contributed by atoms with Gasteiger partial charge in [0.2, 0.25) is 0 Å². The first-order valence-corrected chi connectivity index (χ1v) is 22.8. The normalized spacial score (nSPS) is 13.4. The minimum Gasteiger partial charge on any atom is -0.0619 e. The van der Waals surface area contributed by atoms with Crippen LogP contribution in [0.15, 0.2) is 231 Å². The molecule has 0 atom stereocenters. The van der Waals surface area contributed by atoms with E-state index in [1.807, 2.05) is 0 Å². The fraction of sp³-hybridized carbons (Fsp3) is 0.0154. The molecule has 0 bridgehead atoms. The van der Waals surface area contributed by atoms with E-state index in [0.29, 0.717) is 0 Å². The summed E-state index contributed by atoms with van der Waals surface area (Å²) >= 11 is 0. The molecule has 13 aromatic rings. The minimum absolute atomic E-state index is 0.508. The van der Waals surface area contributed by atoms with Crippen molar-refractivity contribution in [2.45, 2.75) is 5.41 Å². The summed E-state index contributed by atoms with van der Waals surface area (Å²) in [5.74, 6) is 0. The molecular weight excluding hydrogens is 781 g/mol. The first-order chi connectivity index (χ1) is 32.3. The summed E-state index contributed by atoms with van der Waals surface area (Å²) < 4.78 is 0. The Kier molecular flexibility index (Phi) is 6.97. The van der Waals surface area contributed by atoms with E-state index >= 15 is 0 Å². The molecule has 0 radical (unpaired) electrons. The van der Waals surface area contributed by atoms with E-state index in [9.17, 15) is 0 Å². The van der Waals surface area contributed by atoms with Crippen LogP contribution in [-0.4, -0.2) is 0 Å². The Morgan fingerprint density at radius 3 is 1.29 bits per heavy atom. The molecule has 0 aromatic heterocycles. The van der Waals surface area contributed by atoms with Crippen molar-refractivity contribution in [3.8, 4) is 44.5 Å². The van der Waals surface area contributed by atoms with Gasteiger partial charge in [0.1, 0.15) is 0 Å². The van der Waals surface area contributed by atoms with E-state index in [2.05, 4.69) is 231 Å². The van der Waals surface area contributed by atoms with Gasteiger partial charge in [0, 0.05) is 0 Å². The van der Waals surface area contributed by atoms with Crippen LogP contribution in [0.5, 0.6) is 0 Å². The van der Waals surface area contributed by atoms with E-state index in [1.165, 1.54) is 142 Å². The van der Waals surface area contributed by atoms with E-state index in [4.69, 9.17) is 0 Å². The highest BCUT2D eigenvalue weighted by Crippen LogP contribution is 2.66. The lowest BCUT2D eigenvalue weighted by Crippen LogP contribution is -2.26. The zero-order chi connectivity index (χ0) is 42.4. The van der Waals surface area contributed by atoms with Crippen molar-refractivity contribution >= 4 is 75.4 Å². The van der Waals surface area contributed by atoms with Crippen LogP contribution in [0.3, 0.4) is 0 Å². The molecule has 0 unspecified atom stereocenters. The monoisotopic (exact) mass is 818 g/mol. The number of benzene rings is 13. The van der Waals surface area contributed by atoms with Gasteiger partial charge in [-0.2, -0.15) is 0 Å². The summed E-state index contributed by atoms with van der Waals surface area (Å²) in [4.78, 5) is 0. The van der Waals surface area contributed by atoms with Crippen molar-refractivity contribution in [3.63, 3.8) is 0 Å². The first-order valence-electron chi connectivity index (χ1n) is 22.8. The van der Waals surface area contributed by atoms with Crippen LogP contribution in [0, 0.1) is 0 Å². The summed E-state index contributed by atoms with van der Waals surface area (Å²) in [6, 6.07) is 87.2. The van der Waals surface area contributed by atoms with Gasteiger partial charge < -0.3 is 0 Å². The number of fused-ring (bicyclic) bond motifs is 22. The lowest BCUT2D eigenvalue weighted by molar-refractivity contribution is 0.809. The average molecular weight is 819 g/mol. The molecule has 0 N–H and O–H groups in total. The molecule has 2 aliphatic rings. The molecule has 0 aliphatic heterocycles. The van der Waals surface area contributed by atoms with Gasteiger partial charge in [0.05, 0.1) is 5.41 Å². The van der Waals surface area contributed by atoms with Crippen LogP contribution in [-0.2, 0) is 5.41 Å². The van der Waals surface area contributed by atoms with E-state index in [-0.39, 0.29) is 0 Å². The quantitative estimate of drug-likeness (QED) is 0.120. The summed E-state index contributed by atoms with van der Waals surface area (Å²) in [5.41, 5.74) is 15.4. The van der Waals surface area contributed by atoms with Crippen molar-refractivity contribution in [2.24, 2.45) is 0 Å². The predicted molar refractivity (Wildman–Crippen MR) is 276 cm³/mol. The standard InChI is InChI=1S/C65H38/c1-2-18-42-39(17-1)38-57(47-22-4-3-19-44(42)47)61-53-28-10-8-26-51(53)60(52-27-9-11-29-54(52)61)41-34-35-43-40(37-41)33-36-56-62-50-25-7-5-20-45(50)46-21-6-12-30-55(46)64(62)65(63(43)56)58-31-15-13-23-48(58)49-24-14-16-32-59(49)65/h1-38H. The Morgan fingerprint density at radius 1 is 0.215 bits per heavy atom. The SMILES string of the molecule is c1ccc2c(c1)-c1ccccc1C21c2c(ccc3cc(-c4c5ccccc5c(-c5cc6ccccc6c6ccccc56)c5ccccc45)ccc23)-c2c1c1ccccc1c1ccccc21. The van der Waals surface area contributed by atoms with Gasteiger partial charge in [-0.05, 0) is 154 Å². The van der Waals surface area contributed by atoms with Gasteiger partial charge in [0.15, 0.2) is 0 Å². The molecule has 0 fully saturated rings. The lowest BCUT2D eigenvalue weighted by Gasteiger charge is -2.32. The third-order valence-corrected chi connectivity index (χ3v) is 15.2. The highest BCUT2D eigenvalue weighted by atomic mass is 14.5. The first kappa shape index (κ1) is 35.2. The minimum atomic E-state index is -0.508. The maximum absolute atomic E-state index is 2.48. The van der Waals surface area contributed by atoms with Gasteiger partial charge in [-0.15, -0.1) is 0 Å². The fourth-order valence-corrected chi connectivity index (χ4v) is 12.8. The van der Waals surface area contributed by atoms with Gasteiger partial charge >= 0.3 is 0 Å². The molecule has 298 valence electrons. The van der Waals surface area contributed by atoms with Crippen molar-refractivity contribution < 1.29 is 0 Å². The maximum atomic E-state index is 2.48. The van der Waals surface area contributed by atoms with Crippen molar-refractivity contribution in [2.75, 3.05) is 0 Å². The zero-order valence-electron chi connectivity index (χ0n) is 35.4. The molecule has 65 heavy (non-hydrogen) atoms. The Labute approximate surface area is 376 Å². The predicted octanol–water partition coefficient (Wildman–Crippen LogP) is 17.4. The summed E-state index contributed by atoms with van der Waals surface area (Å²) in [7, 11) is 0. The van der Waals surface area contributed by atoms with E-state index in [0.717, 1.165) is 0 Å². The van der Waals surface area contributed by atoms with Gasteiger partial charge in [-0.25, -0.2) is 0 Å². The molecular formula is C65H38. The summed E-state index contributed by atoms with van der Waals surface area (Å²) in [6.45, 7) is 0. The smallest absolute Gasteiger partial charge is 0.0619 e. The molecule has 15 rings (SSSR count). The molecule has 0 saturated heterocycles. The molecule has 1 spiro atoms. The van der Waals surface area contributed by atoms with E-state index < -0.39 is 5.41 Å². The van der Waals surface area contributed by atoms with Crippen LogP contribution in [0.2, 0.25) is 0 Å². The molecule has 13 aromatic carbocycles. The van der Waals surface area contributed by atoms with Crippen molar-refractivity contribution in [1.29, 1.82) is 0 Å². The maximum Gasteiger partial charge on any atom is 0.0737 e. The Hall–Kier alpha value is -8.32. The zero-order valence-corrected chi connectivity index (χ0v) is 35.4. The second kappa shape index (κ2) is 12.9. The second-order valence-electron chi connectivity index (χ2n) is 18.1. The Balaban J connectivity index is 1.05. The average Bonchev–Trinajstić information content (AvgIpc) is 3.86. The molecule has 0 saturated carbocycles. The van der Waals surface area contributed by atoms with Gasteiger partial charge in [0.25, 0.3) is 0 Å². The van der Waals surface area contributed by atoms with Crippen molar-refractivity contribution in [3.05, 3.63) is 253 Å². The largest absolute Gasteiger partial charge is 0.0737 e. The number of hydrogen-bond acceptors (Lipinski definition) is 0. The third kappa shape index (κ3) is 4.46. The van der Waals surface area contributed by atoms with Gasteiger partial charge in [-0.3, -0.25) is 0 Å². The van der Waals surface area contributed by atoms with Crippen LogP contribution in [0.25, 0.3) is 120 Å². The van der Waals surface area contributed by atoms with Gasteiger partial charge in [-0.1, -0.05) is 218 Å². The fourth-order valence-electron chi connectivity index (χ4n) is 12.8. The Morgan fingerprint density at radius 2 is 0.662 bits per heavy atom. The van der Waals surface area contributed by atoms with Crippen LogP contribution in [0.1, 0.15) is 22.3 Å². The van der Waals surface area contributed by atoms with Crippen LogP contribution >= 0.6 is 0 Å². The second-order valence-corrected chi connectivity index (χ2v) is 18.1. The summed E-state index contributed by atoms with van der Waals surface area (Å²) in [6.07, 6.45) is 0. The highest BCUT2D eigenvalue weighted by molar-refractivity contribution is 6.27. The Bertz CT molecular complexity index is 4140. The topological polar surface area (TPSA) is 0 Å². The van der Waals surface area contributed by atoms with Crippen LogP contribution < -0.4 is 0 Å². The molecule has 0 heteroatoms. The number of hydrogen-bond donors (Lipinski definition) is 0. The molecule has 0 amide bonds. The molecule has 0 heterocycles. The molecule has 2 aliphatic carbocycles. The molecule has 0 nitrogen and oxygen atoms in total. The third-order valence-electron chi connectivity index (χ3n) is 15.2. The van der Waals surface area contributed by atoms with Crippen LogP contribution in [0.4, 0.5) is 0 Å². The highest BCUT2D eigenvalue weighted by Gasteiger charge is 2.53. The lowest BCUT2D eigenvalue weighted by atomic mass is 9.68.